The molecule has 0 aliphatic carbocycles. The predicted molar refractivity (Wildman–Crippen MR) is 109 cm³/mol. The third-order valence-corrected chi connectivity index (χ3v) is 6.22. The normalized spacial score (nSPS) is 24.7. The number of benzene rings is 1. The van der Waals surface area contributed by atoms with Gasteiger partial charge in [-0.05, 0) is 87.2 Å². The summed E-state index contributed by atoms with van der Waals surface area (Å²) in [6.07, 6.45) is 3.05. The Morgan fingerprint density at radius 2 is 1.81 bits per heavy atom. The van der Waals surface area contributed by atoms with Crippen molar-refractivity contribution in [1.29, 1.82) is 0 Å². The molecule has 0 spiro atoms. The van der Waals surface area contributed by atoms with Crippen molar-refractivity contribution in [3.63, 3.8) is 0 Å². The number of ether oxygens (including phenoxy) is 1. The Morgan fingerprint density at radius 3 is 2.33 bits per heavy atom. The summed E-state index contributed by atoms with van der Waals surface area (Å²) in [7, 11) is 1.77. The van der Waals surface area contributed by atoms with E-state index in [0.717, 1.165) is 25.7 Å². The number of carbonyl (C=O) groups is 2. The topological polar surface area (TPSA) is 49.9 Å². The van der Waals surface area contributed by atoms with Gasteiger partial charge in [-0.15, -0.1) is 0 Å². The lowest BCUT2D eigenvalue weighted by atomic mass is 9.96. The Labute approximate surface area is 173 Å². The molecule has 3 rings (SSSR count). The van der Waals surface area contributed by atoms with Gasteiger partial charge in [-0.3, -0.25) is 4.79 Å². The van der Waals surface area contributed by atoms with Crippen molar-refractivity contribution < 1.29 is 18.7 Å². The van der Waals surface area contributed by atoms with Gasteiger partial charge in [0.15, 0.2) is 0 Å². The van der Waals surface area contributed by atoms with Crippen molar-refractivity contribution >= 4 is 34.6 Å². The molecule has 1 aromatic carbocycles. The summed E-state index contributed by atoms with van der Waals surface area (Å²) in [5.41, 5.74) is -0.160. The lowest BCUT2D eigenvalue weighted by Gasteiger charge is -2.42. The van der Waals surface area contributed by atoms with Crippen molar-refractivity contribution in [1.82, 2.24) is 9.80 Å². The van der Waals surface area contributed by atoms with Crippen LogP contribution in [0.3, 0.4) is 0 Å². The summed E-state index contributed by atoms with van der Waals surface area (Å²) in [4.78, 5) is 28.9. The summed E-state index contributed by atoms with van der Waals surface area (Å²) in [5.74, 6) is -0.560. The Bertz CT molecular complexity index is 735. The van der Waals surface area contributed by atoms with Crippen molar-refractivity contribution in [3.05, 3.63) is 33.1 Å². The van der Waals surface area contributed by atoms with E-state index in [4.69, 9.17) is 4.74 Å². The number of piperidine rings is 1. The largest absolute Gasteiger partial charge is 0.444 e. The molecule has 27 heavy (non-hydrogen) atoms. The SMILES string of the molecule is CN(C(=O)c1ccc(I)c(F)c1)C1C[C@H]2CC[C@@H](C1)N2C(=O)OC(C)(C)C. The second-order valence-corrected chi connectivity index (χ2v) is 9.60. The maximum absolute atomic E-state index is 13.8. The van der Waals surface area contributed by atoms with Crippen molar-refractivity contribution in [3.8, 4) is 0 Å². The van der Waals surface area contributed by atoms with Crippen LogP contribution in [0, 0.1) is 9.39 Å². The number of amides is 2. The first-order valence-electron chi connectivity index (χ1n) is 9.30. The molecule has 2 saturated heterocycles. The molecule has 2 heterocycles. The smallest absolute Gasteiger partial charge is 0.410 e. The van der Waals surface area contributed by atoms with Gasteiger partial charge in [-0.1, -0.05) is 0 Å². The molecular weight excluding hydrogens is 462 g/mol. The maximum Gasteiger partial charge on any atom is 0.410 e. The number of fused-ring (bicyclic) bond motifs is 2. The molecule has 2 aliphatic rings. The van der Waals surface area contributed by atoms with E-state index in [2.05, 4.69) is 0 Å². The molecule has 0 radical (unpaired) electrons. The summed E-state index contributed by atoms with van der Waals surface area (Å²) >= 11 is 1.91. The molecule has 0 aromatic heterocycles. The van der Waals surface area contributed by atoms with Gasteiger partial charge in [-0.2, -0.15) is 0 Å². The van der Waals surface area contributed by atoms with Crippen molar-refractivity contribution in [2.24, 2.45) is 0 Å². The van der Waals surface area contributed by atoms with Crippen LogP contribution in [-0.4, -0.2) is 52.6 Å². The van der Waals surface area contributed by atoms with Gasteiger partial charge < -0.3 is 14.5 Å². The maximum atomic E-state index is 13.8. The fraction of sp³-hybridized carbons (Fsp3) is 0.600. The molecule has 3 atom stereocenters. The van der Waals surface area contributed by atoms with Gasteiger partial charge in [0.05, 0.1) is 0 Å². The van der Waals surface area contributed by atoms with Gasteiger partial charge >= 0.3 is 6.09 Å². The van der Waals surface area contributed by atoms with Crippen molar-refractivity contribution in [2.45, 2.75) is 70.2 Å². The van der Waals surface area contributed by atoms with Crippen LogP contribution < -0.4 is 0 Å². The molecule has 2 amide bonds. The minimum absolute atomic E-state index is 0.0380. The van der Waals surface area contributed by atoms with Crippen molar-refractivity contribution in [2.75, 3.05) is 7.05 Å². The van der Waals surface area contributed by atoms with Crippen LogP contribution >= 0.6 is 22.6 Å². The van der Waals surface area contributed by atoms with E-state index in [1.165, 1.54) is 6.07 Å². The van der Waals surface area contributed by atoms with Crippen LogP contribution in [0.15, 0.2) is 18.2 Å². The van der Waals surface area contributed by atoms with E-state index in [-0.39, 0.29) is 35.9 Å². The predicted octanol–water partition coefficient (Wildman–Crippen LogP) is 4.43. The average molecular weight is 488 g/mol. The lowest BCUT2D eigenvalue weighted by molar-refractivity contribution is -0.00112. The molecule has 5 nitrogen and oxygen atoms in total. The van der Waals surface area contributed by atoms with E-state index in [1.54, 1.807) is 24.1 Å². The molecule has 1 aromatic rings. The first kappa shape index (κ1) is 20.4. The van der Waals surface area contributed by atoms with Crippen LogP contribution in [0.25, 0.3) is 0 Å². The Balaban J connectivity index is 1.69. The average Bonchev–Trinajstić information content (AvgIpc) is 2.85. The number of carbonyl (C=O) groups excluding carboxylic acids is 2. The molecule has 0 N–H and O–H groups in total. The van der Waals surface area contributed by atoms with Crippen LogP contribution in [-0.2, 0) is 4.74 Å². The van der Waals surface area contributed by atoms with Gasteiger partial charge in [0.2, 0.25) is 0 Å². The molecule has 148 valence electrons. The van der Waals surface area contributed by atoms with Crippen LogP contribution in [0.4, 0.5) is 9.18 Å². The first-order valence-corrected chi connectivity index (χ1v) is 10.4. The Kier molecular flexibility index (Phi) is 5.70. The monoisotopic (exact) mass is 488 g/mol. The zero-order valence-corrected chi connectivity index (χ0v) is 18.3. The van der Waals surface area contributed by atoms with Gasteiger partial charge in [0, 0.05) is 34.3 Å². The minimum Gasteiger partial charge on any atom is -0.444 e. The first-order chi connectivity index (χ1) is 12.6. The molecule has 7 heteroatoms. The van der Waals surface area contributed by atoms with Gasteiger partial charge in [0.25, 0.3) is 5.91 Å². The molecular formula is C20H26FIN2O3. The van der Waals surface area contributed by atoms with E-state index in [1.807, 2.05) is 48.3 Å². The number of rotatable bonds is 2. The molecule has 2 bridgehead atoms. The fourth-order valence-corrected chi connectivity index (χ4v) is 4.41. The van der Waals surface area contributed by atoms with E-state index >= 15 is 0 Å². The second-order valence-electron chi connectivity index (χ2n) is 8.44. The zero-order valence-electron chi connectivity index (χ0n) is 16.2. The molecule has 2 fully saturated rings. The number of hydrogen-bond donors (Lipinski definition) is 0. The third-order valence-electron chi connectivity index (χ3n) is 5.35. The fourth-order valence-electron chi connectivity index (χ4n) is 4.08. The molecule has 2 aliphatic heterocycles. The van der Waals surface area contributed by atoms with Crippen LogP contribution in [0.2, 0.25) is 0 Å². The third kappa shape index (κ3) is 4.38. The Morgan fingerprint density at radius 1 is 1.22 bits per heavy atom. The summed E-state index contributed by atoms with van der Waals surface area (Å²) in [6, 6.07) is 4.79. The highest BCUT2D eigenvalue weighted by Crippen LogP contribution is 2.38. The summed E-state index contributed by atoms with van der Waals surface area (Å²) in [5, 5.41) is 0. The van der Waals surface area contributed by atoms with Crippen LogP contribution in [0.5, 0.6) is 0 Å². The van der Waals surface area contributed by atoms with E-state index in [0.29, 0.717) is 9.13 Å². The molecule has 0 saturated carbocycles. The number of hydrogen-bond acceptors (Lipinski definition) is 3. The highest BCUT2D eigenvalue weighted by Gasteiger charge is 2.46. The summed E-state index contributed by atoms with van der Waals surface area (Å²) in [6.45, 7) is 5.60. The highest BCUT2D eigenvalue weighted by molar-refractivity contribution is 14.1. The minimum atomic E-state index is -0.519. The highest BCUT2D eigenvalue weighted by atomic mass is 127. The van der Waals surface area contributed by atoms with Gasteiger partial charge in [-0.25, -0.2) is 9.18 Å². The zero-order chi connectivity index (χ0) is 19.9. The van der Waals surface area contributed by atoms with E-state index in [9.17, 15) is 14.0 Å². The lowest BCUT2D eigenvalue weighted by Crippen LogP contribution is -2.53. The second kappa shape index (κ2) is 7.56. The molecule has 1 unspecified atom stereocenters. The van der Waals surface area contributed by atoms with E-state index < -0.39 is 5.60 Å². The van der Waals surface area contributed by atoms with Gasteiger partial charge in [0.1, 0.15) is 11.4 Å². The van der Waals surface area contributed by atoms with Crippen LogP contribution in [0.1, 0.15) is 56.8 Å². The Hall–Kier alpha value is -1.38. The number of halogens is 2. The quantitative estimate of drug-likeness (QED) is 0.579. The number of nitrogens with zero attached hydrogens (tertiary/aromatic N) is 2. The summed E-state index contributed by atoms with van der Waals surface area (Å²) < 4.78 is 19.9. The standard InChI is InChI=1S/C20H26FIN2O3/c1-20(2,3)27-19(26)24-13-6-7-14(24)11-15(10-13)23(4)18(25)12-5-8-17(22)16(21)9-12/h5,8-9,13-15H,6-7,10-11H2,1-4H3/t13-,14+,15?.